The van der Waals surface area contributed by atoms with Crippen molar-refractivity contribution in [3.05, 3.63) is 88.4 Å². The third kappa shape index (κ3) is 6.95. The number of amides is 3. The van der Waals surface area contributed by atoms with Crippen LogP contribution in [-0.4, -0.2) is 36.8 Å². The summed E-state index contributed by atoms with van der Waals surface area (Å²) in [5, 5.41) is 0. The molecule has 1 fully saturated rings. The van der Waals surface area contributed by atoms with Crippen molar-refractivity contribution in [2.45, 2.75) is 13.3 Å². The Balaban J connectivity index is 1.23. The predicted molar refractivity (Wildman–Crippen MR) is 139 cm³/mol. The molecule has 0 spiro atoms. The van der Waals surface area contributed by atoms with Gasteiger partial charge in [0, 0.05) is 28.7 Å². The van der Waals surface area contributed by atoms with E-state index in [0.717, 1.165) is 10.0 Å². The van der Waals surface area contributed by atoms with Crippen LogP contribution < -0.4 is 20.5 Å². The van der Waals surface area contributed by atoms with Gasteiger partial charge in [0.15, 0.2) is 6.61 Å². The maximum atomic E-state index is 12.5. The summed E-state index contributed by atoms with van der Waals surface area (Å²) >= 11 is 3.28. The molecular formula is C27H24BrN3O6. The molecule has 3 aromatic carbocycles. The minimum atomic E-state index is -0.707. The summed E-state index contributed by atoms with van der Waals surface area (Å²) in [6, 6.07) is 21.2. The molecule has 1 aliphatic heterocycles. The molecule has 0 aromatic heterocycles. The second kappa shape index (κ2) is 11.7. The number of aryl methyl sites for hydroxylation is 1. The second-order valence-corrected chi connectivity index (χ2v) is 9.35. The van der Waals surface area contributed by atoms with Gasteiger partial charge < -0.3 is 14.4 Å². The van der Waals surface area contributed by atoms with Crippen molar-refractivity contribution < 1.29 is 28.7 Å². The van der Waals surface area contributed by atoms with Gasteiger partial charge in [0.1, 0.15) is 11.5 Å². The zero-order valence-corrected chi connectivity index (χ0v) is 21.5. The molecule has 3 aromatic rings. The Morgan fingerprint density at radius 1 is 0.919 bits per heavy atom. The summed E-state index contributed by atoms with van der Waals surface area (Å²) in [5.74, 6) is -1.49. The smallest absolute Gasteiger partial charge is 0.311 e. The molecule has 1 aliphatic rings. The number of benzene rings is 3. The van der Waals surface area contributed by atoms with Crippen molar-refractivity contribution in [2.24, 2.45) is 5.92 Å². The molecule has 1 heterocycles. The van der Waals surface area contributed by atoms with Crippen molar-refractivity contribution >= 4 is 45.3 Å². The molecule has 10 heteroatoms. The lowest BCUT2D eigenvalue weighted by Crippen LogP contribution is -2.43. The number of esters is 1. The van der Waals surface area contributed by atoms with E-state index < -0.39 is 30.3 Å². The van der Waals surface area contributed by atoms with E-state index in [9.17, 15) is 19.2 Å². The number of rotatable bonds is 7. The highest BCUT2D eigenvalue weighted by atomic mass is 79.9. The van der Waals surface area contributed by atoms with Gasteiger partial charge in [-0.2, -0.15) is 0 Å². The quantitative estimate of drug-likeness (QED) is 0.331. The van der Waals surface area contributed by atoms with E-state index in [2.05, 4.69) is 26.8 Å². The monoisotopic (exact) mass is 565 g/mol. The number of hydrogen-bond donors (Lipinski definition) is 2. The number of carbonyl (C=O) groups is 4. The van der Waals surface area contributed by atoms with Crippen LogP contribution in [0.2, 0.25) is 0 Å². The van der Waals surface area contributed by atoms with Crippen LogP contribution in [0.5, 0.6) is 11.5 Å². The Kier molecular flexibility index (Phi) is 8.19. The summed E-state index contributed by atoms with van der Waals surface area (Å²) in [6.07, 6.45) is -0.0254. The number of halogens is 1. The first kappa shape index (κ1) is 25.9. The van der Waals surface area contributed by atoms with Gasteiger partial charge in [-0.15, -0.1) is 0 Å². The molecule has 3 amide bonds. The van der Waals surface area contributed by atoms with E-state index in [0.29, 0.717) is 22.7 Å². The molecule has 4 rings (SSSR count). The van der Waals surface area contributed by atoms with Gasteiger partial charge in [-0.3, -0.25) is 30.0 Å². The van der Waals surface area contributed by atoms with Gasteiger partial charge in [-0.1, -0.05) is 33.6 Å². The fraction of sp³-hybridized carbons (Fsp3) is 0.185. The summed E-state index contributed by atoms with van der Waals surface area (Å²) < 4.78 is 11.7. The van der Waals surface area contributed by atoms with Gasteiger partial charge in [0.2, 0.25) is 5.91 Å². The van der Waals surface area contributed by atoms with Crippen LogP contribution in [0.3, 0.4) is 0 Å². The molecule has 0 saturated carbocycles. The standard InChI is InChI=1S/C27H24BrN3O6/c1-17-2-10-22(11-3-17)37-23-12-8-21(9-13-23)31-15-19(14-25(31)33)27(35)36-16-24(32)29-30-26(34)18-4-6-20(28)7-5-18/h2-13,19H,14-16H2,1H3,(H,29,32)(H,30,34)/t19-/m0/s1. The van der Waals surface area contributed by atoms with Gasteiger partial charge in [0.25, 0.3) is 11.8 Å². The van der Waals surface area contributed by atoms with Gasteiger partial charge in [-0.05, 0) is 67.6 Å². The molecule has 9 nitrogen and oxygen atoms in total. The van der Waals surface area contributed by atoms with E-state index in [4.69, 9.17) is 9.47 Å². The van der Waals surface area contributed by atoms with Crippen LogP contribution in [0.4, 0.5) is 5.69 Å². The number of nitrogens with zero attached hydrogens (tertiary/aromatic N) is 1. The summed E-state index contributed by atoms with van der Waals surface area (Å²) in [6.45, 7) is 1.54. The number of anilines is 1. The van der Waals surface area contributed by atoms with Crippen molar-refractivity contribution in [1.82, 2.24) is 10.9 Å². The average molecular weight is 566 g/mol. The molecule has 1 atom stereocenters. The van der Waals surface area contributed by atoms with Gasteiger partial charge in [-0.25, -0.2) is 0 Å². The van der Waals surface area contributed by atoms with Crippen molar-refractivity contribution in [3.8, 4) is 11.5 Å². The topological polar surface area (TPSA) is 114 Å². The highest BCUT2D eigenvalue weighted by Gasteiger charge is 2.36. The summed E-state index contributed by atoms with van der Waals surface area (Å²) in [4.78, 5) is 50.5. The fourth-order valence-electron chi connectivity index (χ4n) is 3.64. The molecular weight excluding hydrogens is 542 g/mol. The molecule has 1 saturated heterocycles. The van der Waals surface area contributed by atoms with Crippen LogP contribution in [0.15, 0.2) is 77.3 Å². The summed E-state index contributed by atoms with van der Waals surface area (Å²) in [7, 11) is 0. The van der Waals surface area contributed by atoms with Crippen molar-refractivity contribution in [2.75, 3.05) is 18.1 Å². The maximum absolute atomic E-state index is 12.5. The summed E-state index contributed by atoms with van der Waals surface area (Å²) in [5.41, 5.74) is 6.55. The molecule has 0 radical (unpaired) electrons. The van der Waals surface area contributed by atoms with Crippen LogP contribution in [0, 0.1) is 12.8 Å². The zero-order chi connectivity index (χ0) is 26.4. The average Bonchev–Trinajstić information content (AvgIpc) is 3.29. The molecule has 0 unspecified atom stereocenters. The first-order valence-corrected chi connectivity index (χ1v) is 12.2. The lowest BCUT2D eigenvalue weighted by molar-refractivity contribution is -0.152. The first-order valence-electron chi connectivity index (χ1n) is 11.4. The van der Waals surface area contributed by atoms with E-state index in [1.165, 1.54) is 4.90 Å². The van der Waals surface area contributed by atoms with Gasteiger partial charge in [0.05, 0.1) is 5.92 Å². The van der Waals surface area contributed by atoms with E-state index in [1.54, 1.807) is 48.5 Å². The molecule has 0 aliphatic carbocycles. The van der Waals surface area contributed by atoms with E-state index in [-0.39, 0.29) is 18.9 Å². The number of hydrazine groups is 1. The van der Waals surface area contributed by atoms with Crippen LogP contribution in [0.25, 0.3) is 0 Å². The fourth-order valence-corrected chi connectivity index (χ4v) is 3.91. The molecule has 0 bridgehead atoms. The zero-order valence-electron chi connectivity index (χ0n) is 19.9. The Hall–Kier alpha value is -4.18. The molecule has 37 heavy (non-hydrogen) atoms. The van der Waals surface area contributed by atoms with Crippen LogP contribution in [0.1, 0.15) is 22.3 Å². The SMILES string of the molecule is Cc1ccc(Oc2ccc(N3C[C@@H](C(=O)OCC(=O)NNC(=O)c4ccc(Br)cc4)CC3=O)cc2)cc1. The van der Waals surface area contributed by atoms with Crippen LogP contribution >= 0.6 is 15.9 Å². The number of carbonyl (C=O) groups excluding carboxylic acids is 4. The molecule has 190 valence electrons. The minimum Gasteiger partial charge on any atom is -0.457 e. The second-order valence-electron chi connectivity index (χ2n) is 8.43. The lowest BCUT2D eigenvalue weighted by atomic mass is 10.1. The predicted octanol–water partition coefficient (Wildman–Crippen LogP) is 3.91. The Labute approximate surface area is 221 Å². The van der Waals surface area contributed by atoms with Gasteiger partial charge >= 0.3 is 5.97 Å². The highest BCUT2D eigenvalue weighted by molar-refractivity contribution is 9.10. The van der Waals surface area contributed by atoms with Crippen molar-refractivity contribution in [1.29, 1.82) is 0 Å². The Bertz CT molecular complexity index is 1290. The van der Waals surface area contributed by atoms with Crippen molar-refractivity contribution in [3.63, 3.8) is 0 Å². The largest absolute Gasteiger partial charge is 0.457 e. The third-order valence-electron chi connectivity index (χ3n) is 5.63. The normalized spacial score (nSPS) is 14.7. The molecule has 2 N–H and O–H groups in total. The first-order chi connectivity index (χ1) is 17.8. The third-order valence-corrected chi connectivity index (χ3v) is 6.16. The minimum absolute atomic E-state index is 0.0254. The number of nitrogens with one attached hydrogen (secondary N) is 2. The number of hydrogen-bond acceptors (Lipinski definition) is 6. The lowest BCUT2D eigenvalue weighted by Gasteiger charge is -2.17. The van der Waals surface area contributed by atoms with E-state index >= 15 is 0 Å². The maximum Gasteiger partial charge on any atom is 0.311 e. The highest BCUT2D eigenvalue weighted by Crippen LogP contribution is 2.29. The Morgan fingerprint density at radius 2 is 1.54 bits per heavy atom. The van der Waals surface area contributed by atoms with Crippen LogP contribution in [-0.2, 0) is 19.1 Å². The Morgan fingerprint density at radius 3 is 2.19 bits per heavy atom. The van der Waals surface area contributed by atoms with E-state index in [1.807, 2.05) is 31.2 Å². The number of ether oxygens (including phenoxy) is 2.